The summed E-state index contributed by atoms with van der Waals surface area (Å²) in [4.78, 5) is 18.4. The molecular weight excluding hydrogens is 402 g/mol. The number of oxime groups is 1. The topological polar surface area (TPSA) is 70.9 Å². The Kier molecular flexibility index (Phi) is 5.48. The van der Waals surface area contributed by atoms with Gasteiger partial charge in [0.15, 0.2) is 0 Å². The van der Waals surface area contributed by atoms with Crippen molar-refractivity contribution in [1.82, 2.24) is 5.32 Å². The van der Waals surface area contributed by atoms with Crippen LogP contribution in [0, 0.1) is 34.5 Å². The summed E-state index contributed by atoms with van der Waals surface area (Å²) in [6.07, 6.45) is 4.59. The Morgan fingerprint density at radius 3 is 2.74 bits per heavy atom. The molecule has 1 saturated heterocycles. The third-order valence-corrected chi connectivity index (χ3v) is 9.64. The van der Waals surface area contributed by atoms with Gasteiger partial charge in [-0.2, -0.15) is 8.78 Å². The fourth-order valence-corrected chi connectivity index (χ4v) is 7.86. The fourth-order valence-electron chi connectivity index (χ4n) is 7.86. The molecule has 2 N–H and O–H groups in total. The Hall–Kier alpha value is -1.34. The molecule has 31 heavy (non-hydrogen) atoms. The summed E-state index contributed by atoms with van der Waals surface area (Å²) >= 11 is 0. The minimum Gasteiger partial charge on any atom is -0.396 e. The molecule has 0 aromatic heterocycles. The highest BCUT2D eigenvalue weighted by molar-refractivity contribution is 5.87. The van der Waals surface area contributed by atoms with Crippen LogP contribution in [-0.2, 0) is 9.63 Å². The molecule has 0 spiro atoms. The van der Waals surface area contributed by atoms with Gasteiger partial charge in [0.05, 0.1) is 5.71 Å². The van der Waals surface area contributed by atoms with E-state index in [0.29, 0.717) is 25.7 Å². The monoisotopic (exact) mass is 436 g/mol. The number of carbonyl (C=O) groups is 1. The fraction of sp³-hybridized carbons (Fsp3) is 0.833. The molecule has 4 aliphatic carbocycles. The van der Waals surface area contributed by atoms with Crippen LogP contribution in [0.15, 0.2) is 16.8 Å². The first kappa shape index (κ1) is 21.5. The number of aliphatic hydroxyl groups excluding tert-OH is 1. The third kappa shape index (κ3) is 3.29. The largest absolute Gasteiger partial charge is 0.396 e. The number of nitrogens with one attached hydrogen (secondary N) is 1. The van der Waals surface area contributed by atoms with Gasteiger partial charge in [-0.1, -0.05) is 12.1 Å². The smallest absolute Gasteiger partial charge is 0.269 e. The summed E-state index contributed by atoms with van der Waals surface area (Å²) in [7, 11) is 0. The zero-order valence-corrected chi connectivity index (χ0v) is 18.3. The van der Waals surface area contributed by atoms with Gasteiger partial charge >= 0.3 is 0 Å². The highest BCUT2D eigenvalue weighted by atomic mass is 19.3. The normalized spacial score (nSPS) is 45.9. The van der Waals surface area contributed by atoms with Gasteiger partial charge in [0, 0.05) is 36.8 Å². The highest BCUT2D eigenvalue weighted by Gasteiger charge is 2.63. The second-order valence-electron chi connectivity index (χ2n) is 10.8. The van der Waals surface area contributed by atoms with E-state index in [0.717, 1.165) is 50.9 Å². The summed E-state index contributed by atoms with van der Waals surface area (Å²) in [6.45, 7) is 3.75. The predicted octanol–water partition coefficient (Wildman–Crippen LogP) is 4.07. The van der Waals surface area contributed by atoms with Crippen molar-refractivity contribution >= 4 is 11.5 Å². The average molecular weight is 437 g/mol. The number of halogens is 2. The number of fused-ring (bicyclic) bond motifs is 5. The lowest BCUT2D eigenvalue weighted by atomic mass is 9.44. The number of Topliss-reactive ketones (excluding diaryl/α,β-unsaturated/α-hetero) is 1. The highest BCUT2D eigenvalue weighted by Crippen LogP contribution is 2.67. The maximum atomic E-state index is 14.3. The molecule has 7 heteroatoms. The molecule has 5 rings (SSSR count). The second-order valence-corrected chi connectivity index (χ2v) is 10.8. The van der Waals surface area contributed by atoms with E-state index < -0.39 is 11.5 Å². The number of hydrogen-bond acceptors (Lipinski definition) is 5. The number of carbonyl (C=O) groups excluding carboxylic acids is 1. The summed E-state index contributed by atoms with van der Waals surface area (Å²) in [5.41, 5.74) is 0.363. The van der Waals surface area contributed by atoms with Crippen molar-refractivity contribution in [2.24, 2.45) is 39.7 Å². The van der Waals surface area contributed by atoms with Crippen molar-refractivity contribution in [3.63, 3.8) is 0 Å². The molecule has 5 fully saturated rings. The Morgan fingerprint density at radius 1 is 1.19 bits per heavy atom. The van der Waals surface area contributed by atoms with E-state index in [1.807, 2.05) is 6.92 Å². The second kappa shape index (κ2) is 7.91. The van der Waals surface area contributed by atoms with Gasteiger partial charge in [0.2, 0.25) is 0 Å². The van der Waals surface area contributed by atoms with Gasteiger partial charge in [-0.3, -0.25) is 4.79 Å². The number of aliphatic hydroxyl groups is 1. The Labute approximate surface area is 182 Å². The van der Waals surface area contributed by atoms with Crippen molar-refractivity contribution < 1.29 is 23.5 Å². The van der Waals surface area contributed by atoms with Gasteiger partial charge in [0.1, 0.15) is 11.9 Å². The van der Waals surface area contributed by atoms with E-state index in [9.17, 15) is 18.7 Å². The minimum absolute atomic E-state index is 0.0122. The van der Waals surface area contributed by atoms with E-state index in [-0.39, 0.29) is 53.2 Å². The van der Waals surface area contributed by atoms with Crippen molar-refractivity contribution in [3.8, 4) is 0 Å². The van der Waals surface area contributed by atoms with Crippen molar-refractivity contribution in [2.75, 3.05) is 19.7 Å². The molecule has 0 bridgehead atoms. The molecule has 0 radical (unpaired) electrons. The van der Waals surface area contributed by atoms with Gasteiger partial charge < -0.3 is 15.3 Å². The predicted molar refractivity (Wildman–Crippen MR) is 113 cm³/mol. The lowest BCUT2D eigenvalue weighted by Crippen LogP contribution is -2.57. The standard InChI is InChI=1S/C24H34F2N2O3/c1-23-7-5-19-21(18(23)2-3-20(23)30)17(22(25)26)11-14-10-15(4-8-24(14,19)13-29)28-31-16-6-9-27-12-16/h14,16,18-19,21,27,29H,2-13H2,1H3/t14?,16?,18?,19?,21?,23-,24+/m0/s1. The number of rotatable bonds is 3. The summed E-state index contributed by atoms with van der Waals surface area (Å²) in [5, 5.41) is 18.3. The van der Waals surface area contributed by atoms with Crippen LogP contribution in [0.4, 0.5) is 8.78 Å². The number of nitrogens with zero attached hydrogens (tertiary/aromatic N) is 1. The molecular formula is C24H34F2N2O3. The molecule has 4 saturated carbocycles. The summed E-state index contributed by atoms with van der Waals surface area (Å²) in [6, 6.07) is 0. The van der Waals surface area contributed by atoms with Crippen LogP contribution in [0.5, 0.6) is 0 Å². The Bertz CT molecular complexity index is 805. The molecule has 5 unspecified atom stereocenters. The Balaban J connectivity index is 1.44. The van der Waals surface area contributed by atoms with Crippen LogP contribution >= 0.6 is 0 Å². The van der Waals surface area contributed by atoms with Crippen LogP contribution in [0.3, 0.4) is 0 Å². The van der Waals surface area contributed by atoms with Crippen molar-refractivity contribution in [1.29, 1.82) is 0 Å². The van der Waals surface area contributed by atoms with Gasteiger partial charge in [0.25, 0.3) is 6.08 Å². The maximum absolute atomic E-state index is 14.3. The summed E-state index contributed by atoms with van der Waals surface area (Å²) < 4.78 is 28.6. The molecule has 1 aliphatic heterocycles. The molecule has 1 heterocycles. The van der Waals surface area contributed by atoms with E-state index in [1.54, 1.807) is 0 Å². The maximum Gasteiger partial charge on any atom is 0.269 e. The number of ketones is 1. The first-order valence-electron chi connectivity index (χ1n) is 12.0. The zero-order chi connectivity index (χ0) is 21.8. The first-order chi connectivity index (χ1) is 14.9. The lowest BCUT2D eigenvalue weighted by molar-refractivity contribution is -0.137. The Morgan fingerprint density at radius 2 is 2.03 bits per heavy atom. The van der Waals surface area contributed by atoms with E-state index in [2.05, 4.69) is 10.5 Å². The van der Waals surface area contributed by atoms with Gasteiger partial charge in [-0.15, -0.1) is 0 Å². The third-order valence-electron chi connectivity index (χ3n) is 9.64. The van der Waals surface area contributed by atoms with Crippen LogP contribution in [0.1, 0.15) is 64.7 Å². The van der Waals surface area contributed by atoms with Gasteiger partial charge in [-0.25, -0.2) is 0 Å². The van der Waals surface area contributed by atoms with E-state index >= 15 is 0 Å². The average Bonchev–Trinajstić information content (AvgIpc) is 3.39. The van der Waals surface area contributed by atoms with Crippen molar-refractivity contribution in [2.45, 2.75) is 70.8 Å². The summed E-state index contributed by atoms with van der Waals surface area (Å²) in [5.74, 6) is -0.0927. The first-order valence-corrected chi connectivity index (χ1v) is 12.0. The van der Waals surface area contributed by atoms with Crippen LogP contribution < -0.4 is 5.32 Å². The molecule has 5 nitrogen and oxygen atoms in total. The SMILES string of the molecule is C[C@]12CCC3C(C(=C(F)F)CC4CC(=NOC5CCNC5)CC[C@@]43CO)C1CCC2=O. The van der Waals surface area contributed by atoms with Crippen LogP contribution in [0.25, 0.3) is 0 Å². The molecule has 0 aromatic rings. The molecule has 0 amide bonds. The van der Waals surface area contributed by atoms with Gasteiger partial charge in [-0.05, 0) is 80.7 Å². The molecule has 0 aromatic carbocycles. The van der Waals surface area contributed by atoms with Crippen LogP contribution in [0.2, 0.25) is 0 Å². The van der Waals surface area contributed by atoms with E-state index in [1.165, 1.54) is 0 Å². The lowest BCUT2D eigenvalue weighted by Gasteiger charge is -2.60. The molecule has 5 aliphatic rings. The number of allylic oxidation sites excluding steroid dienone is 1. The molecule has 172 valence electrons. The van der Waals surface area contributed by atoms with Crippen molar-refractivity contribution in [3.05, 3.63) is 11.7 Å². The number of hydrogen-bond donors (Lipinski definition) is 2. The van der Waals surface area contributed by atoms with Crippen LogP contribution in [-0.4, -0.2) is 42.4 Å². The minimum atomic E-state index is -1.57. The quantitative estimate of drug-likeness (QED) is 0.655. The molecule has 7 atom stereocenters. The zero-order valence-electron chi connectivity index (χ0n) is 18.3. The van der Waals surface area contributed by atoms with E-state index in [4.69, 9.17) is 4.84 Å².